The van der Waals surface area contributed by atoms with Crippen LogP contribution in [0.4, 0.5) is 18.9 Å². The minimum atomic E-state index is -4.72. The molecule has 1 atom stereocenters. The highest BCUT2D eigenvalue weighted by atomic mass is 35.5. The van der Waals surface area contributed by atoms with Gasteiger partial charge >= 0.3 is 6.18 Å². The molecule has 0 aromatic heterocycles. The molecule has 4 rings (SSSR count). The van der Waals surface area contributed by atoms with Crippen molar-refractivity contribution in [3.63, 3.8) is 0 Å². The second kappa shape index (κ2) is 10.7. The Morgan fingerprint density at radius 1 is 0.842 bits per heavy atom. The van der Waals surface area contributed by atoms with E-state index in [4.69, 9.17) is 11.6 Å². The lowest BCUT2D eigenvalue weighted by atomic mass is 10.1. The molecule has 0 aliphatic carbocycles. The van der Waals surface area contributed by atoms with E-state index in [1.54, 1.807) is 12.1 Å². The first-order valence-corrected chi connectivity index (χ1v) is 14.4. The van der Waals surface area contributed by atoms with Gasteiger partial charge in [0.1, 0.15) is 6.04 Å². The summed E-state index contributed by atoms with van der Waals surface area (Å²) in [6.07, 6.45) is -4.72. The van der Waals surface area contributed by atoms with Gasteiger partial charge in [0.05, 0.1) is 26.1 Å². The molecule has 3 aromatic rings. The summed E-state index contributed by atoms with van der Waals surface area (Å²) < 4.78 is 94.8. The van der Waals surface area contributed by atoms with E-state index in [2.05, 4.69) is 5.32 Å². The summed E-state index contributed by atoms with van der Waals surface area (Å²) in [6.45, 7) is -1.21. The second-order valence-corrected chi connectivity index (χ2v) is 12.5. The Hall–Kier alpha value is -2.97. The summed E-state index contributed by atoms with van der Waals surface area (Å²) >= 11 is 6.01. The Morgan fingerprint density at radius 3 is 1.95 bits per heavy atom. The minimum Gasteiger partial charge on any atom is -0.323 e. The Morgan fingerprint density at radius 2 is 1.39 bits per heavy atom. The fraction of sp³-hybridized carbons (Fsp3) is 0.208. The van der Waals surface area contributed by atoms with Gasteiger partial charge in [-0.05, 0) is 42.5 Å². The van der Waals surface area contributed by atoms with Gasteiger partial charge in [-0.15, -0.1) is 0 Å². The lowest BCUT2D eigenvalue weighted by Crippen LogP contribution is -2.60. The molecular weight excluding hydrogens is 567 g/mol. The van der Waals surface area contributed by atoms with Crippen molar-refractivity contribution in [1.29, 1.82) is 0 Å². The summed E-state index contributed by atoms with van der Waals surface area (Å²) in [5, 5.41) is 2.04. The third kappa shape index (κ3) is 5.71. The highest BCUT2D eigenvalue weighted by Gasteiger charge is 2.43. The molecule has 0 radical (unpaired) electrons. The molecular formula is C24H21ClF3N3O5S2. The summed E-state index contributed by atoms with van der Waals surface area (Å²) in [7, 11) is -8.40. The number of carbonyl (C=O) groups excluding carboxylic acids is 1. The van der Waals surface area contributed by atoms with Crippen molar-refractivity contribution >= 4 is 43.2 Å². The second-order valence-electron chi connectivity index (χ2n) is 8.30. The Balaban J connectivity index is 1.72. The van der Waals surface area contributed by atoms with Crippen LogP contribution < -0.4 is 5.32 Å². The Bertz CT molecular complexity index is 1540. The van der Waals surface area contributed by atoms with Crippen LogP contribution in [0.5, 0.6) is 0 Å². The summed E-state index contributed by atoms with van der Waals surface area (Å²) in [4.78, 5) is 13.2. The van der Waals surface area contributed by atoms with Gasteiger partial charge < -0.3 is 5.32 Å². The van der Waals surface area contributed by atoms with Crippen LogP contribution in [0.2, 0.25) is 5.02 Å². The number of piperazine rings is 1. The number of benzene rings is 3. The Kier molecular flexibility index (Phi) is 7.86. The number of nitrogens with zero attached hydrogens (tertiary/aromatic N) is 2. The lowest BCUT2D eigenvalue weighted by molar-refractivity contribution is -0.137. The number of hydrogen-bond donors (Lipinski definition) is 1. The topological polar surface area (TPSA) is 104 Å². The van der Waals surface area contributed by atoms with Gasteiger partial charge in [-0.1, -0.05) is 48.0 Å². The van der Waals surface area contributed by atoms with E-state index in [1.165, 1.54) is 48.5 Å². The first kappa shape index (κ1) is 28.0. The molecule has 3 aromatic carbocycles. The fourth-order valence-electron chi connectivity index (χ4n) is 3.94. The summed E-state index contributed by atoms with van der Waals surface area (Å²) in [5.74, 6) is -1.04. The van der Waals surface area contributed by atoms with Crippen molar-refractivity contribution < 1.29 is 34.8 Å². The molecule has 8 nitrogen and oxygen atoms in total. The maximum Gasteiger partial charge on any atom is 0.416 e. The zero-order chi connectivity index (χ0) is 27.7. The number of rotatable bonds is 6. The molecule has 0 saturated carbocycles. The molecule has 1 N–H and O–H groups in total. The van der Waals surface area contributed by atoms with Crippen LogP contribution in [0.1, 0.15) is 5.56 Å². The normalized spacial score (nSPS) is 17.7. The smallest absolute Gasteiger partial charge is 0.323 e. The third-order valence-electron chi connectivity index (χ3n) is 5.88. The maximum atomic E-state index is 13.4. The van der Waals surface area contributed by atoms with Crippen LogP contribution in [-0.4, -0.2) is 57.0 Å². The van der Waals surface area contributed by atoms with Gasteiger partial charge in [0.2, 0.25) is 26.0 Å². The van der Waals surface area contributed by atoms with Crippen LogP contribution in [-0.2, 0) is 31.0 Å². The van der Waals surface area contributed by atoms with Gasteiger partial charge in [0.15, 0.2) is 0 Å². The molecule has 202 valence electrons. The minimum absolute atomic E-state index is 0.0561. The number of hydrogen-bond acceptors (Lipinski definition) is 5. The van der Waals surface area contributed by atoms with E-state index in [0.717, 1.165) is 20.7 Å². The summed E-state index contributed by atoms with van der Waals surface area (Å²) in [6, 6.07) is 15.3. The van der Waals surface area contributed by atoms with Crippen molar-refractivity contribution in [1.82, 2.24) is 8.61 Å². The van der Waals surface area contributed by atoms with Crippen molar-refractivity contribution in [2.75, 3.05) is 25.0 Å². The van der Waals surface area contributed by atoms with Gasteiger partial charge in [-0.2, -0.15) is 21.8 Å². The van der Waals surface area contributed by atoms with Crippen molar-refractivity contribution in [2.45, 2.75) is 22.0 Å². The average molecular weight is 588 g/mol. The lowest BCUT2D eigenvalue weighted by Gasteiger charge is -2.39. The van der Waals surface area contributed by atoms with Crippen LogP contribution in [0, 0.1) is 0 Å². The average Bonchev–Trinajstić information content (AvgIpc) is 2.90. The molecule has 1 aliphatic heterocycles. The van der Waals surface area contributed by atoms with E-state index in [9.17, 15) is 34.8 Å². The molecule has 14 heteroatoms. The van der Waals surface area contributed by atoms with Crippen molar-refractivity contribution in [3.8, 4) is 0 Å². The SMILES string of the molecule is O=C(Nc1cc(C(F)(F)F)ccc1Cl)[C@@H]1CN(S(=O)(=O)c2ccccc2)CCN1S(=O)(=O)c1ccccc1. The fourth-order valence-corrected chi connectivity index (χ4v) is 7.16. The first-order chi connectivity index (χ1) is 17.8. The number of anilines is 1. The van der Waals surface area contributed by atoms with E-state index in [1.807, 2.05) is 0 Å². The molecule has 0 spiro atoms. The van der Waals surface area contributed by atoms with E-state index in [-0.39, 0.29) is 27.9 Å². The molecule has 1 amide bonds. The number of nitrogens with one attached hydrogen (secondary N) is 1. The van der Waals surface area contributed by atoms with E-state index < -0.39 is 56.0 Å². The highest BCUT2D eigenvalue weighted by molar-refractivity contribution is 7.89. The molecule has 0 unspecified atom stereocenters. The number of sulfonamides is 2. The maximum absolute atomic E-state index is 13.4. The van der Waals surface area contributed by atoms with E-state index in [0.29, 0.717) is 6.07 Å². The number of alkyl halides is 3. The first-order valence-electron chi connectivity index (χ1n) is 11.1. The molecule has 1 aliphatic rings. The van der Waals surface area contributed by atoms with Gasteiger partial charge in [-0.25, -0.2) is 16.8 Å². The van der Waals surface area contributed by atoms with E-state index >= 15 is 0 Å². The number of amides is 1. The monoisotopic (exact) mass is 587 g/mol. The zero-order valence-corrected chi connectivity index (χ0v) is 21.9. The van der Waals surface area contributed by atoms with Crippen LogP contribution in [0.3, 0.4) is 0 Å². The van der Waals surface area contributed by atoms with Crippen LogP contribution in [0.25, 0.3) is 0 Å². The number of halogens is 4. The largest absolute Gasteiger partial charge is 0.416 e. The van der Waals surface area contributed by atoms with Crippen LogP contribution in [0.15, 0.2) is 88.7 Å². The third-order valence-corrected chi connectivity index (χ3v) is 10.0. The molecule has 0 bridgehead atoms. The van der Waals surface area contributed by atoms with Crippen LogP contribution >= 0.6 is 11.6 Å². The van der Waals surface area contributed by atoms with Crippen molar-refractivity contribution in [2.24, 2.45) is 0 Å². The standard InChI is InChI=1S/C24H21ClF3N3O5S2/c25-20-12-11-17(24(26,27)28)15-21(20)29-23(32)22-16-30(37(33,34)18-7-3-1-4-8-18)13-14-31(22)38(35,36)19-9-5-2-6-10-19/h1-12,15,22H,13-14,16H2,(H,29,32)/t22-/m0/s1. The van der Waals surface area contributed by atoms with Gasteiger partial charge in [0.25, 0.3) is 0 Å². The number of carbonyl (C=O) groups is 1. The molecule has 1 heterocycles. The summed E-state index contributed by atoms with van der Waals surface area (Å²) in [5.41, 5.74) is -1.48. The zero-order valence-electron chi connectivity index (χ0n) is 19.5. The van der Waals surface area contributed by atoms with Gasteiger partial charge in [0, 0.05) is 19.6 Å². The molecule has 1 fully saturated rings. The van der Waals surface area contributed by atoms with Crippen molar-refractivity contribution in [3.05, 3.63) is 89.4 Å². The molecule has 1 saturated heterocycles. The predicted molar refractivity (Wildman–Crippen MR) is 134 cm³/mol. The van der Waals surface area contributed by atoms with Gasteiger partial charge in [-0.3, -0.25) is 4.79 Å². The highest BCUT2D eigenvalue weighted by Crippen LogP contribution is 2.34. The predicted octanol–water partition coefficient (Wildman–Crippen LogP) is 4.06. The quantitative estimate of drug-likeness (QED) is 0.468. The Labute approximate surface area is 222 Å². The molecule has 38 heavy (non-hydrogen) atoms.